The molecule has 9 nitrogen and oxygen atoms in total. The van der Waals surface area contributed by atoms with E-state index in [1.54, 1.807) is 11.9 Å². The molecule has 2 fully saturated rings. The van der Waals surface area contributed by atoms with Crippen molar-refractivity contribution in [2.75, 3.05) is 32.6 Å². The van der Waals surface area contributed by atoms with Crippen LogP contribution in [0.4, 0.5) is 5.95 Å². The average molecular weight is 409 g/mol. The molecule has 3 heterocycles. The summed E-state index contributed by atoms with van der Waals surface area (Å²) in [6, 6.07) is 8.83. The first kappa shape index (κ1) is 19.8. The number of fused-ring (bicyclic) bond motifs is 1. The number of benzene rings is 1. The van der Waals surface area contributed by atoms with E-state index in [-0.39, 0.29) is 30.4 Å². The lowest BCUT2D eigenvalue weighted by Gasteiger charge is -2.40. The average Bonchev–Trinajstić information content (AvgIpc) is 3.19. The fraction of sp³-hybridized carbons (Fsp3) is 0.381. The van der Waals surface area contributed by atoms with Crippen LogP contribution >= 0.6 is 0 Å². The van der Waals surface area contributed by atoms with Gasteiger partial charge in [-0.15, -0.1) is 0 Å². The highest BCUT2D eigenvalue weighted by Gasteiger charge is 2.51. The topological polar surface area (TPSA) is 105 Å². The van der Waals surface area contributed by atoms with Gasteiger partial charge in [-0.25, -0.2) is 9.97 Å². The van der Waals surface area contributed by atoms with Crippen LogP contribution in [-0.4, -0.2) is 70.8 Å². The van der Waals surface area contributed by atoms with Crippen molar-refractivity contribution in [2.24, 2.45) is 5.92 Å². The number of hydrogen-bond donors (Lipinski definition) is 1. The van der Waals surface area contributed by atoms with Gasteiger partial charge in [-0.1, -0.05) is 30.3 Å². The van der Waals surface area contributed by atoms with Crippen LogP contribution in [0.25, 0.3) is 0 Å². The van der Waals surface area contributed by atoms with Crippen LogP contribution < -0.4 is 5.32 Å². The number of hydrogen-bond acceptors (Lipinski definition) is 7. The smallest absolute Gasteiger partial charge is 0.311 e. The second-order valence-corrected chi connectivity index (χ2v) is 7.41. The van der Waals surface area contributed by atoms with Crippen LogP contribution in [-0.2, 0) is 14.3 Å². The number of amides is 2. The van der Waals surface area contributed by atoms with Gasteiger partial charge in [0.05, 0.1) is 30.7 Å². The van der Waals surface area contributed by atoms with Gasteiger partial charge in [-0.3, -0.25) is 14.4 Å². The van der Waals surface area contributed by atoms with E-state index in [9.17, 15) is 14.4 Å². The van der Waals surface area contributed by atoms with Crippen molar-refractivity contribution in [1.29, 1.82) is 0 Å². The van der Waals surface area contributed by atoms with E-state index >= 15 is 0 Å². The zero-order valence-corrected chi connectivity index (χ0v) is 16.8. The second-order valence-electron chi connectivity index (χ2n) is 7.41. The third kappa shape index (κ3) is 3.47. The van der Waals surface area contributed by atoms with E-state index in [0.717, 1.165) is 5.56 Å². The zero-order valence-electron chi connectivity index (χ0n) is 16.8. The highest BCUT2D eigenvalue weighted by atomic mass is 16.5. The lowest BCUT2D eigenvalue weighted by Crippen LogP contribution is -2.55. The molecule has 0 radical (unpaired) electrons. The Morgan fingerprint density at radius 2 is 1.87 bits per heavy atom. The van der Waals surface area contributed by atoms with Crippen molar-refractivity contribution in [3.63, 3.8) is 0 Å². The molecule has 30 heavy (non-hydrogen) atoms. The molecule has 2 amide bonds. The quantitative estimate of drug-likeness (QED) is 0.754. The molecular formula is C21H23N5O4. The molecule has 0 unspecified atom stereocenters. The van der Waals surface area contributed by atoms with Gasteiger partial charge in [-0.2, -0.15) is 0 Å². The molecular weight excluding hydrogens is 386 g/mol. The van der Waals surface area contributed by atoms with E-state index in [2.05, 4.69) is 15.3 Å². The number of nitrogens with one attached hydrogen (secondary N) is 1. The van der Waals surface area contributed by atoms with Gasteiger partial charge in [0.2, 0.25) is 11.9 Å². The fourth-order valence-corrected chi connectivity index (χ4v) is 4.37. The highest BCUT2D eigenvalue weighted by molar-refractivity contribution is 5.97. The zero-order chi connectivity index (χ0) is 21.3. The summed E-state index contributed by atoms with van der Waals surface area (Å²) < 4.78 is 5.01. The Labute approximate surface area is 174 Å². The summed E-state index contributed by atoms with van der Waals surface area (Å²) in [4.78, 5) is 49.9. The van der Waals surface area contributed by atoms with Crippen molar-refractivity contribution in [2.45, 2.75) is 18.5 Å². The SMILES string of the molecule is CNc1ncc(C(=O)N2CC(=O)N3[C@@H](C[C@H](C(=O)OC)[C@@H]3c3ccccc3)C2)cn1. The molecule has 0 bridgehead atoms. The molecule has 4 rings (SSSR count). The minimum absolute atomic E-state index is 0.0552. The van der Waals surface area contributed by atoms with Gasteiger partial charge in [0.1, 0.15) is 6.54 Å². The van der Waals surface area contributed by atoms with Gasteiger partial charge in [0.15, 0.2) is 0 Å². The third-order valence-electron chi connectivity index (χ3n) is 5.70. The molecule has 3 atom stereocenters. The summed E-state index contributed by atoms with van der Waals surface area (Å²) in [5.41, 5.74) is 1.21. The molecule has 1 aromatic heterocycles. The van der Waals surface area contributed by atoms with Gasteiger partial charge in [0, 0.05) is 26.0 Å². The number of carbonyl (C=O) groups is 3. The fourth-order valence-electron chi connectivity index (χ4n) is 4.37. The molecule has 1 N–H and O–H groups in total. The van der Waals surface area contributed by atoms with Crippen LogP contribution in [0.5, 0.6) is 0 Å². The van der Waals surface area contributed by atoms with Gasteiger partial charge in [0.25, 0.3) is 5.91 Å². The Hall–Kier alpha value is -3.49. The summed E-state index contributed by atoms with van der Waals surface area (Å²) in [6.07, 6.45) is 3.32. The summed E-state index contributed by atoms with van der Waals surface area (Å²) in [5.74, 6) is -0.898. The third-order valence-corrected chi connectivity index (χ3v) is 5.70. The first-order valence-corrected chi connectivity index (χ1v) is 9.76. The van der Waals surface area contributed by atoms with Crippen LogP contribution in [0.1, 0.15) is 28.4 Å². The lowest BCUT2D eigenvalue weighted by molar-refractivity contribution is -0.147. The molecule has 0 saturated carbocycles. The number of aromatic nitrogens is 2. The lowest BCUT2D eigenvalue weighted by atomic mass is 9.93. The van der Waals surface area contributed by atoms with Gasteiger partial charge in [-0.05, 0) is 12.0 Å². The van der Waals surface area contributed by atoms with Crippen molar-refractivity contribution in [3.8, 4) is 0 Å². The first-order chi connectivity index (χ1) is 14.5. The first-order valence-electron chi connectivity index (χ1n) is 9.76. The van der Waals surface area contributed by atoms with E-state index in [1.807, 2.05) is 30.3 Å². The Morgan fingerprint density at radius 1 is 1.17 bits per heavy atom. The molecule has 0 aliphatic carbocycles. The molecule has 2 aliphatic heterocycles. The van der Waals surface area contributed by atoms with Gasteiger partial charge >= 0.3 is 5.97 Å². The predicted octanol–water partition coefficient (Wildman–Crippen LogP) is 1.11. The van der Waals surface area contributed by atoms with Crippen molar-refractivity contribution in [3.05, 3.63) is 53.9 Å². The maximum absolute atomic E-state index is 13.1. The maximum atomic E-state index is 13.1. The second kappa shape index (κ2) is 8.10. The largest absolute Gasteiger partial charge is 0.469 e. The highest BCUT2D eigenvalue weighted by Crippen LogP contribution is 2.43. The minimum atomic E-state index is -0.473. The number of esters is 1. The monoisotopic (exact) mass is 409 g/mol. The minimum Gasteiger partial charge on any atom is -0.469 e. The Kier molecular flexibility index (Phi) is 5.35. The van der Waals surface area contributed by atoms with Gasteiger partial charge < -0.3 is 19.9 Å². The Balaban J connectivity index is 1.59. The van der Waals surface area contributed by atoms with E-state index in [0.29, 0.717) is 24.5 Å². The van der Waals surface area contributed by atoms with Crippen LogP contribution in [0.2, 0.25) is 0 Å². The summed E-state index contributed by atoms with van der Waals surface area (Å²) in [6.45, 7) is 0.287. The predicted molar refractivity (Wildman–Crippen MR) is 107 cm³/mol. The van der Waals surface area contributed by atoms with Crippen LogP contribution in [0.3, 0.4) is 0 Å². The number of carbonyl (C=O) groups excluding carboxylic acids is 3. The van der Waals surface area contributed by atoms with Crippen molar-refractivity contribution >= 4 is 23.7 Å². The number of nitrogens with zero attached hydrogens (tertiary/aromatic N) is 4. The van der Waals surface area contributed by atoms with Crippen LogP contribution in [0.15, 0.2) is 42.7 Å². The molecule has 0 spiro atoms. The van der Waals surface area contributed by atoms with E-state index in [4.69, 9.17) is 4.74 Å². The maximum Gasteiger partial charge on any atom is 0.311 e. The molecule has 9 heteroatoms. The number of methoxy groups -OCH3 is 1. The number of ether oxygens (including phenoxy) is 1. The number of piperazine rings is 1. The normalized spacial score (nSPS) is 23.1. The summed E-state index contributed by atoms with van der Waals surface area (Å²) >= 11 is 0. The Morgan fingerprint density at radius 3 is 2.50 bits per heavy atom. The summed E-state index contributed by atoms with van der Waals surface area (Å²) in [5, 5.41) is 2.80. The molecule has 156 valence electrons. The van der Waals surface area contributed by atoms with Crippen molar-refractivity contribution in [1.82, 2.24) is 19.8 Å². The molecule has 2 aliphatic rings. The number of anilines is 1. The van der Waals surface area contributed by atoms with E-state index < -0.39 is 12.0 Å². The molecule has 1 aromatic carbocycles. The van der Waals surface area contributed by atoms with Crippen molar-refractivity contribution < 1.29 is 19.1 Å². The summed E-state index contributed by atoms with van der Waals surface area (Å²) in [7, 11) is 3.05. The molecule has 2 saturated heterocycles. The molecule has 2 aromatic rings. The standard InChI is InChI=1S/C21H23N5O4/c1-22-21-23-9-14(10-24-21)19(28)25-11-15-8-16(20(29)30-2)18(26(15)17(27)12-25)13-6-4-3-5-7-13/h3-7,9-10,15-16,18H,8,11-12H2,1-2H3,(H,22,23,24)/t15-,16-,18-/m0/s1. The Bertz CT molecular complexity index is 950. The number of rotatable bonds is 4. The van der Waals surface area contributed by atoms with E-state index in [1.165, 1.54) is 24.4 Å². The van der Waals surface area contributed by atoms with Crippen LogP contribution in [0, 0.1) is 5.92 Å².